The van der Waals surface area contributed by atoms with E-state index in [9.17, 15) is 4.79 Å². The summed E-state index contributed by atoms with van der Waals surface area (Å²) in [5.74, 6) is 0.626. The molecule has 0 radical (unpaired) electrons. The molecule has 0 heterocycles. The number of hydrogen-bond acceptors (Lipinski definition) is 1. The molecule has 0 rings (SSSR count). The molecule has 1 atom stereocenters. The van der Waals surface area contributed by atoms with E-state index in [2.05, 4.69) is 79.3 Å². The molecular weight excluding hydrogens is 344 g/mol. The Kier molecular flexibility index (Phi) is 13.9. The molecule has 0 aliphatic rings. The molecule has 0 aliphatic heterocycles. The molecule has 162 valence electrons. The van der Waals surface area contributed by atoms with Gasteiger partial charge in [0.2, 0.25) is 5.91 Å². The van der Waals surface area contributed by atoms with Crippen LogP contribution in [0, 0.1) is 5.92 Å². The Hall–Kier alpha value is -1.35. The number of carbonyl (C=O) groups is 1. The van der Waals surface area contributed by atoms with Crippen molar-refractivity contribution in [2.75, 3.05) is 34.2 Å². The van der Waals surface area contributed by atoms with Gasteiger partial charge in [0, 0.05) is 6.42 Å². The van der Waals surface area contributed by atoms with E-state index < -0.39 is 0 Å². The number of nitrogens with one attached hydrogen (secondary N) is 1. The first-order valence-electron chi connectivity index (χ1n) is 11.0. The molecule has 0 spiro atoms. The number of likely N-dealkylation sites (N-methyl/N-ethyl adjacent to an activating group) is 1. The molecule has 0 aliphatic carbocycles. The van der Waals surface area contributed by atoms with Crippen molar-refractivity contribution in [2.45, 2.75) is 79.6 Å². The Morgan fingerprint density at radius 3 is 1.96 bits per heavy atom. The summed E-state index contributed by atoms with van der Waals surface area (Å²) in [5, 5.41) is 3.05. The summed E-state index contributed by atoms with van der Waals surface area (Å²) in [6.07, 6.45) is 14.4. The van der Waals surface area contributed by atoms with E-state index in [4.69, 9.17) is 0 Å². The number of hydrogen-bond donors (Lipinski definition) is 1. The van der Waals surface area contributed by atoms with Crippen molar-refractivity contribution in [3.63, 3.8) is 0 Å². The average molecular weight is 392 g/mol. The monoisotopic (exact) mass is 391 g/mol. The molecule has 28 heavy (non-hydrogen) atoms. The molecule has 0 fully saturated rings. The number of amides is 1. The van der Waals surface area contributed by atoms with Crippen molar-refractivity contribution < 1.29 is 9.28 Å². The van der Waals surface area contributed by atoms with Gasteiger partial charge in [-0.2, -0.15) is 0 Å². The fourth-order valence-corrected chi connectivity index (χ4v) is 2.97. The molecule has 3 nitrogen and oxygen atoms in total. The van der Waals surface area contributed by atoms with Gasteiger partial charge in [0.25, 0.3) is 0 Å². The zero-order valence-corrected chi connectivity index (χ0v) is 20.0. The highest BCUT2D eigenvalue weighted by Crippen LogP contribution is 2.15. The van der Waals surface area contributed by atoms with Crippen molar-refractivity contribution >= 4 is 5.91 Å². The van der Waals surface area contributed by atoms with Gasteiger partial charge < -0.3 is 9.80 Å². The molecule has 0 saturated carbocycles. The lowest BCUT2D eigenvalue weighted by molar-refractivity contribution is -0.869. The predicted octanol–water partition coefficient (Wildman–Crippen LogP) is 6.03. The Bertz CT molecular complexity index is 531. The van der Waals surface area contributed by atoms with E-state index in [0.29, 0.717) is 12.3 Å². The third kappa shape index (κ3) is 18.0. The van der Waals surface area contributed by atoms with Crippen LogP contribution in [-0.2, 0) is 4.79 Å². The van der Waals surface area contributed by atoms with Gasteiger partial charge in [0.05, 0.1) is 34.2 Å². The minimum atomic E-state index is 0.190. The Balaban J connectivity index is 3.97. The lowest BCUT2D eigenvalue weighted by Gasteiger charge is -2.24. The van der Waals surface area contributed by atoms with Crippen LogP contribution in [0.5, 0.6) is 0 Å². The number of nitrogens with zero attached hydrogens (tertiary/aromatic N) is 1. The van der Waals surface area contributed by atoms with Gasteiger partial charge in [-0.25, -0.2) is 0 Å². The van der Waals surface area contributed by atoms with Gasteiger partial charge in [-0.1, -0.05) is 41.9 Å². The van der Waals surface area contributed by atoms with Crippen LogP contribution in [0.1, 0.15) is 79.6 Å². The third-order valence-corrected chi connectivity index (χ3v) is 4.91. The molecule has 3 heteroatoms. The number of rotatable bonds is 14. The van der Waals surface area contributed by atoms with E-state index in [1.807, 2.05) is 0 Å². The topological polar surface area (TPSA) is 29.1 Å². The molecule has 0 aromatic rings. The van der Waals surface area contributed by atoms with Crippen LogP contribution in [0.3, 0.4) is 0 Å². The molecule has 0 bridgehead atoms. The summed E-state index contributed by atoms with van der Waals surface area (Å²) >= 11 is 0. The van der Waals surface area contributed by atoms with Crippen LogP contribution < -0.4 is 5.32 Å². The highest BCUT2D eigenvalue weighted by atomic mass is 16.1. The minimum absolute atomic E-state index is 0.190. The second kappa shape index (κ2) is 14.6. The van der Waals surface area contributed by atoms with Crippen LogP contribution >= 0.6 is 0 Å². The molecule has 0 aromatic heterocycles. The minimum Gasteiger partial charge on any atom is -0.350 e. The normalized spacial score (nSPS) is 14.0. The van der Waals surface area contributed by atoms with Gasteiger partial charge in [-0.15, -0.1) is 0 Å². The zero-order valence-electron chi connectivity index (χ0n) is 20.0. The van der Waals surface area contributed by atoms with Crippen molar-refractivity contribution in [1.82, 2.24) is 5.32 Å². The van der Waals surface area contributed by atoms with Crippen molar-refractivity contribution in [3.05, 3.63) is 34.9 Å². The van der Waals surface area contributed by atoms with Crippen LogP contribution in [0.25, 0.3) is 0 Å². The summed E-state index contributed by atoms with van der Waals surface area (Å²) in [4.78, 5) is 12.0. The smallest absolute Gasteiger partial charge is 0.220 e. The number of carbonyl (C=O) groups excluding carboxylic acids is 1. The lowest BCUT2D eigenvalue weighted by Crippen LogP contribution is -2.42. The SMILES string of the molecule is CC(C)=CCC/C(C)=C/CC/C(C)=C/CCC(C)CC(=O)NCC[N+](C)(C)C. The maximum absolute atomic E-state index is 12.0. The fourth-order valence-electron chi connectivity index (χ4n) is 2.97. The van der Waals surface area contributed by atoms with E-state index >= 15 is 0 Å². The summed E-state index contributed by atoms with van der Waals surface area (Å²) in [7, 11) is 6.43. The zero-order chi connectivity index (χ0) is 21.6. The van der Waals surface area contributed by atoms with Crippen LogP contribution in [0.15, 0.2) is 34.9 Å². The standard InChI is InChI=1S/C25H46N2O/c1-21(2)12-9-13-22(3)14-10-15-23(4)16-11-17-24(5)20-25(28)26-18-19-27(6,7)8/h12,14,16,24H,9-11,13,15,17-20H2,1-8H3/p+1/b22-14+,23-16+. The van der Waals surface area contributed by atoms with E-state index in [1.54, 1.807) is 0 Å². The second-order valence-electron chi connectivity index (χ2n) is 9.71. The third-order valence-electron chi connectivity index (χ3n) is 4.91. The number of allylic oxidation sites excluding steroid dienone is 6. The van der Waals surface area contributed by atoms with E-state index in [-0.39, 0.29) is 5.91 Å². The quantitative estimate of drug-likeness (QED) is 0.284. The summed E-state index contributed by atoms with van der Waals surface area (Å²) < 4.78 is 0.879. The van der Waals surface area contributed by atoms with E-state index in [1.165, 1.54) is 23.1 Å². The van der Waals surface area contributed by atoms with Crippen molar-refractivity contribution in [3.8, 4) is 0 Å². The van der Waals surface area contributed by atoms with Crippen LogP contribution in [0.4, 0.5) is 0 Å². The first-order valence-corrected chi connectivity index (χ1v) is 11.0. The molecular formula is C25H47N2O+. The lowest BCUT2D eigenvalue weighted by atomic mass is 9.99. The fraction of sp³-hybridized carbons (Fsp3) is 0.720. The average Bonchev–Trinajstić information content (AvgIpc) is 2.53. The highest BCUT2D eigenvalue weighted by Gasteiger charge is 2.11. The Labute approximate surface area is 175 Å². The van der Waals surface area contributed by atoms with Gasteiger partial charge in [0.15, 0.2) is 0 Å². The van der Waals surface area contributed by atoms with Crippen molar-refractivity contribution in [1.29, 1.82) is 0 Å². The Morgan fingerprint density at radius 1 is 0.893 bits per heavy atom. The molecule has 0 saturated heterocycles. The predicted molar refractivity (Wildman–Crippen MR) is 124 cm³/mol. The van der Waals surface area contributed by atoms with Gasteiger partial charge in [0.1, 0.15) is 0 Å². The molecule has 0 aromatic carbocycles. The van der Waals surface area contributed by atoms with Gasteiger partial charge >= 0.3 is 0 Å². The first-order chi connectivity index (χ1) is 13.0. The summed E-state index contributed by atoms with van der Waals surface area (Å²) in [6.45, 7) is 12.7. The Morgan fingerprint density at radius 2 is 1.43 bits per heavy atom. The van der Waals surface area contributed by atoms with Crippen molar-refractivity contribution in [2.24, 2.45) is 5.92 Å². The largest absolute Gasteiger partial charge is 0.350 e. The van der Waals surface area contributed by atoms with Gasteiger partial charge in [-0.05, 0) is 72.1 Å². The highest BCUT2D eigenvalue weighted by molar-refractivity contribution is 5.76. The maximum atomic E-state index is 12.0. The second-order valence-corrected chi connectivity index (χ2v) is 9.71. The molecule has 1 amide bonds. The number of quaternary nitrogens is 1. The van der Waals surface area contributed by atoms with Crippen LogP contribution in [-0.4, -0.2) is 44.6 Å². The summed E-state index contributed by atoms with van der Waals surface area (Å²) in [6, 6.07) is 0. The molecule has 1 unspecified atom stereocenters. The van der Waals surface area contributed by atoms with Crippen LogP contribution in [0.2, 0.25) is 0 Å². The summed E-state index contributed by atoms with van der Waals surface area (Å²) in [5.41, 5.74) is 4.37. The first kappa shape index (κ1) is 26.6. The molecule has 1 N–H and O–H groups in total. The maximum Gasteiger partial charge on any atom is 0.220 e. The van der Waals surface area contributed by atoms with Gasteiger partial charge in [-0.3, -0.25) is 4.79 Å². The van der Waals surface area contributed by atoms with E-state index in [0.717, 1.165) is 49.7 Å².